The third-order valence-electron chi connectivity index (χ3n) is 8.66. The van der Waals surface area contributed by atoms with Crippen molar-refractivity contribution in [2.24, 2.45) is 0 Å². The fraction of sp³-hybridized carbons (Fsp3) is 0.206. The normalized spacial score (nSPS) is 17.1. The van der Waals surface area contributed by atoms with Crippen LogP contribution in [0.3, 0.4) is 0 Å². The standard InChI is InChI=1S/C34H30FN5O2/c35-30-10-4-2-7-27(30)23-39-33(42)40(31-11-5-8-26-6-1-3-9-29(26)31)32(41)34(39)16-19-37(20-17-34)22-25-12-14-28(15-13-25)38-21-18-36-24-38/h1-15,18,21,24H,16-17,19-20,22-23H2. The number of likely N-dealkylation sites (tertiary alicyclic amines) is 1. The van der Waals surface area contributed by atoms with Crippen molar-refractivity contribution in [2.45, 2.75) is 31.5 Å². The number of amides is 3. The monoisotopic (exact) mass is 559 g/mol. The first kappa shape index (κ1) is 26.1. The minimum atomic E-state index is -1.04. The highest BCUT2D eigenvalue weighted by Gasteiger charge is 2.58. The van der Waals surface area contributed by atoms with Gasteiger partial charge in [-0.05, 0) is 48.1 Å². The van der Waals surface area contributed by atoms with Gasteiger partial charge in [-0.2, -0.15) is 0 Å². The number of hydrogen-bond donors (Lipinski definition) is 0. The highest BCUT2D eigenvalue weighted by molar-refractivity contribution is 6.26. The number of rotatable bonds is 6. The number of urea groups is 1. The van der Waals surface area contributed by atoms with Crippen molar-refractivity contribution in [3.63, 3.8) is 0 Å². The Labute approximate surface area is 243 Å². The number of piperidine rings is 1. The molecule has 7 nitrogen and oxygen atoms in total. The van der Waals surface area contributed by atoms with Crippen molar-refractivity contribution in [1.29, 1.82) is 0 Å². The maximum atomic E-state index is 14.8. The summed E-state index contributed by atoms with van der Waals surface area (Å²) < 4.78 is 16.8. The zero-order valence-corrected chi connectivity index (χ0v) is 23.1. The smallest absolute Gasteiger partial charge is 0.306 e. The van der Waals surface area contributed by atoms with Crippen LogP contribution in [-0.2, 0) is 17.9 Å². The van der Waals surface area contributed by atoms with E-state index in [-0.39, 0.29) is 18.3 Å². The predicted octanol–water partition coefficient (Wildman–Crippen LogP) is 6.17. The lowest BCUT2D eigenvalue weighted by molar-refractivity contribution is -0.127. The lowest BCUT2D eigenvalue weighted by Crippen LogP contribution is -2.56. The molecule has 4 aromatic carbocycles. The van der Waals surface area contributed by atoms with Crippen LogP contribution in [0.15, 0.2) is 110 Å². The fourth-order valence-corrected chi connectivity index (χ4v) is 6.35. The molecule has 0 radical (unpaired) electrons. The Morgan fingerprint density at radius 1 is 0.810 bits per heavy atom. The third-order valence-corrected chi connectivity index (χ3v) is 8.66. The van der Waals surface area contributed by atoms with Crippen LogP contribution in [0.2, 0.25) is 0 Å². The van der Waals surface area contributed by atoms with Gasteiger partial charge in [-0.25, -0.2) is 19.1 Å². The van der Waals surface area contributed by atoms with Gasteiger partial charge in [0.05, 0.1) is 18.6 Å². The van der Waals surface area contributed by atoms with E-state index in [2.05, 4.69) is 34.1 Å². The van der Waals surface area contributed by atoms with Gasteiger partial charge >= 0.3 is 6.03 Å². The van der Waals surface area contributed by atoms with Gasteiger partial charge in [-0.3, -0.25) is 9.69 Å². The summed E-state index contributed by atoms with van der Waals surface area (Å²) in [7, 11) is 0. The van der Waals surface area contributed by atoms with Crippen molar-refractivity contribution in [3.8, 4) is 5.69 Å². The summed E-state index contributed by atoms with van der Waals surface area (Å²) in [6, 6.07) is 27.8. The van der Waals surface area contributed by atoms with Gasteiger partial charge in [0, 0.05) is 48.7 Å². The molecule has 0 saturated carbocycles. The number of hydrogen-bond acceptors (Lipinski definition) is 4. The van der Waals surface area contributed by atoms with E-state index in [0.29, 0.717) is 37.2 Å². The Balaban J connectivity index is 1.17. The molecule has 2 saturated heterocycles. The van der Waals surface area contributed by atoms with Crippen molar-refractivity contribution < 1.29 is 14.0 Å². The Morgan fingerprint density at radius 2 is 1.55 bits per heavy atom. The van der Waals surface area contributed by atoms with E-state index >= 15 is 0 Å². The van der Waals surface area contributed by atoms with E-state index in [4.69, 9.17) is 0 Å². The Hall–Kier alpha value is -4.82. The van der Waals surface area contributed by atoms with E-state index in [0.717, 1.165) is 23.0 Å². The molecule has 2 fully saturated rings. The lowest BCUT2D eigenvalue weighted by atomic mass is 9.85. The summed E-state index contributed by atoms with van der Waals surface area (Å²) in [5, 5.41) is 1.78. The third kappa shape index (κ3) is 4.44. The zero-order chi connectivity index (χ0) is 28.7. The van der Waals surface area contributed by atoms with Crippen LogP contribution in [0.25, 0.3) is 16.5 Å². The van der Waals surface area contributed by atoms with E-state index in [1.165, 1.54) is 16.5 Å². The molecule has 0 bridgehead atoms. The molecule has 1 aromatic heterocycles. The molecular formula is C34H30FN5O2. The summed E-state index contributed by atoms with van der Waals surface area (Å²) in [4.78, 5) is 37.9. The Kier molecular flexibility index (Phi) is 6.55. The average Bonchev–Trinajstić information content (AvgIpc) is 3.62. The second-order valence-electron chi connectivity index (χ2n) is 11.0. The molecule has 3 heterocycles. The van der Waals surface area contributed by atoms with Crippen LogP contribution in [0.1, 0.15) is 24.0 Å². The molecule has 0 atom stereocenters. The molecule has 0 unspecified atom stereocenters. The first-order chi connectivity index (χ1) is 20.5. The second-order valence-corrected chi connectivity index (χ2v) is 11.0. The Morgan fingerprint density at radius 3 is 2.31 bits per heavy atom. The van der Waals surface area contributed by atoms with Crippen molar-refractivity contribution >= 4 is 28.4 Å². The number of imidazole rings is 1. The summed E-state index contributed by atoms with van der Waals surface area (Å²) >= 11 is 0. The lowest BCUT2D eigenvalue weighted by Gasteiger charge is -2.42. The van der Waals surface area contributed by atoms with Crippen LogP contribution in [0.5, 0.6) is 0 Å². The van der Waals surface area contributed by atoms with E-state index in [1.807, 2.05) is 53.2 Å². The minimum Gasteiger partial charge on any atom is -0.306 e. The number of halogens is 1. The molecule has 2 aliphatic rings. The number of carbonyl (C=O) groups excluding carboxylic acids is 2. The highest BCUT2D eigenvalue weighted by atomic mass is 19.1. The van der Waals surface area contributed by atoms with Gasteiger partial charge in [0.25, 0.3) is 5.91 Å². The van der Waals surface area contributed by atoms with Gasteiger partial charge in [-0.15, -0.1) is 0 Å². The molecule has 2 aliphatic heterocycles. The van der Waals surface area contributed by atoms with Crippen LogP contribution in [0, 0.1) is 5.82 Å². The van der Waals surface area contributed by atoms with Crippen LogP contribution >= 0.6 is 0 Å². The predicted molar refractivity (Wildman–Crippen MR) is 160 cm³/mol. The number of benzene rings is 4. The van der Waals surface area contributed by atoms with Gasteiger partial charge in [0.1, 0.15) is 11.4 Å². The maximum absolute atomic E-state index is 14.8. The van der Waals surface area contributed by atoms with E-state index in [1.54, 1.807) is 35.6 Å². The number of fused-ring (bicyclic) bond motifs is 1. The van der Waals surface area contributed by atoms with Crippen LogP contribution in [0.4, 0.5) is 14.9 Å². The van der Waals surface area contributed by atoms with E-state index in [9.17, 15) is 14.0 Å². The summed E-state index contributed by atoms with van der Waals surface area (Å²) in [5.41, 5.74) is 2.14. The first-order valence-electron chi connectivity index (χ1n) is 14.2. The van der Waals surface area contributed by atoms with Gasteiger partial charge in [0.2, 0.25) is 0 Å². The number of imide groups is 1. The molecule has 42 heavy (non-hydrogen) atoms. The van der Waals surface area contributed by atoms with E-state index < -0.39 is 11.6 Å². The molecule has 5 aromatic rings. The van der Waals surface area contributed by atoms with Crippen LogP contribution in [-0.4, -0.2) is 49.9 Å². The molecule has 0 N–H and O–H groups in total. The number of aromatic nitrogens is 2. The molecule has 210 valence electrons. The fourth-order valence-electron chi connectivity index (χ4n) is 6.35. The highest BCUT2D eigenvalue weighted by Crippen LogP contribution is 2.42. The van der Waals surface area contributed by atoms with Crippen LogP contribution < -0.4 is 4.90 Å². The topological polar surface area (TPSA) is 61.7 Å². The molecule has 8 heteroatoms. The second kappa shape index (κ2) is 10.5. The molecular weight excluding hydrogens is 529 g/mol. The zero-order valence-electron chi connectivity index (χ0n) is 23.1. The van der Waals surface area contributed by atoms with Gasteiger partial charge in [0.15, 0.2) is 0 Å². The number of carbonyl (C=O) groups is 2. The Bertz CT molecular complexity index is 1760. The van der Waals surface area contributed by atoms with Gasteiger partial charge in [-0.1, -0.05) is 66.7 Å². The molecule has 0 aliphatic carbocycles. The molecule has 7 rings (SSSR count). The minimum absolute atomic E-state index is 0.0359. The van der Waals surface area contributed by atoms with Gasteiger partial charge < -0.3 is 9.47 Å². The molecule has 1 spiro atoms. The van der Waals surface area contributed by atoms with Crippen molar-refractivity contribution in [1.82, 2.24) is 19.4 Å². The summed E-state index contributed by atoms with van der Waals surface area (Å²) in [6.45, 7) is 2.05. The average molecular weight is 560 g/mol. The quantitative estimate of drug-likeness (QED) is 0.234. The summed E-state index contributed by atoms with van der Waals surface area (Å²) in [6.07, 6.45) is 6.38. The molecule has 3 amide bonds. The largest absolute Gasteiger partial charge is 0.332 e. The number of anilines is 1. The van der Waals surface area contributed by atoms with Crippen molar-refractivity contribution in [3.05, 3.63) is 127 Å². The number of nitrogens with zero attached hydrogens (tertiary/aromatic N) is 5. The van der Waals surface area contributed by atoms with Crippen molar-refractivity contribution in [2.75, 3.05) is 18.0 Å². The summed E-state index contributed by atoms with van der Waals surface area (Å²) in [5.74, 6) is -0.613. The maximum Gasteiger partial charge on any atom is 0.332 e. The SMILES string of the molecule is O=C1N(c2cccc3ccccc23)C(=O)C2(CCN(Cc3ccc(-n4ccnc4)cc3)CC2)N1Cc1ccccc1F. The first-order valence-corrected chi connectivity index (χ1v) is 14.2.